The molecule has 0 atom stereocenters. The Morgan fingerprint density at radius 1 is 1.27 bits per heavy atom. The Hall–Kier alpha value is -2.35. The van der Waals surface area contributed by atoms with Crippen LogP contribution in [0.15, 0.2) is 30.5 Å². The maximum absolute atomic E-state index is 11.7. The minimum atomic E-state index is -3.42. The van der Waals surface area contributed by atoms with Gasteiger partial charge in [-0.15, -0.1) is 0 Å². The number of aromatic hydroxyl groups is 1. The molecule has 118 valence electrons. The quantitative estimate of drug-likeness (QED) is 0.869. The normalized spacial score (nSPS) is 11.2. The standard InChI is InChI=1S/C14H18N4O3S/c1-4-22(20,21)17-11-9-15-13(16-14(11)18(2)3)10-7-5-6-8-12(10)19/h5-9,17,19H,4H2,1-3H3. The van der Waals surface area contributed by atoms with Gasteiger partial charge in [0, 0.05) is 14.1 Å². The van der Waals surface area contributed by atoms with Crippen LogP contribution in [0, 0.1) is 0 Å². The molecule has 1 aromatic carbocycles. The van der Waals surface area contributed by atoms with E-state index in [1.54, 1.807) is 50.2 Å². The number of benzene rings is 1. The van der Waals surface area contributed by atoms with Crippen molar-refractivity contribution in [2.24, 2.45) is 0 Å². The second-order valence-electron chi connectivity index (χ2n) is 4.85. The molecule has 0 unspecified atom stereocenters. The number of aromatic nitrogens is 2. The van der Waals surface area contributed by atoms with Crippen LogP contribution in [0.5, 0.6) is 5.75 Å². The maximum Gasteiger partial charge on any atom is 0.232 e. The van der Waals surface area contributed by atoms with E-state index in [4.69, 9.17) is 0 Å². The first-order valence-electron chi connectivity index (χ1n) is 6.67. The molecule has 0 saturated carbocycles. The van der Waals surface area contributed by atoms with Gasteiger partial charge in [0.15, 0.2) is 11.6 Å². The molecule has 0 aliphatic heterocycles. The molecule has 0 radical (unpaired) electrons. The van der Waals surface area contributed by atoms with Crippen LogP contribution < -0.4 is 9.62 Å². The van der Waals surface area contributed by atoms with Crippen LogP contribution in [0.3, 0.4) is 0 Å². The van der Waals surface area contributed by atoms with E-state index < -0.39 is 10.0 Å². The summed E-state index contributed by atoms with van der Waals surface area (Å²) in [6.45, 7) is 1.55. The highest BCUT2D eigenvalue weighted by molar-refractivity contribution is 7.92. The number of rotatable bonds is 5. The zero-order chi connectivity index (χ0) is 16.3. The number of hydrogen-bond acceptors (Lipinski definition) is 6. The molecule has 2 aromatic rings. The second kappa shape index (κ2) is 6.18. The molecule has 0 fully saturated rings. The Bertz CT molecular complexity index is 775. The molecule has 0 aliphatic carbocycles. The van der Waals surface area contributed by atoms with Crippen molar-refractivity contribution in [3.8, 4) is 17.1 Å². The number of phenolic OH excluding ortho intramolecular Hbond substituents is 1. The van der Waals surface area contributed by atoms with Crippen LogP contribution in [0.2, 0.25) is 0 Å². The first-order valence-corrected chi connectivity index (χ1v) is 8.32. The van der Waals surface area contributed by atoms with E-state index in [1.807, 2.05) is 0 Å². The molecular weight excluding hydrogens is 304 g/mol. The highest BCUT2D eigenvalue weighted by atomic mass is 32.2. The molecule has 0 saturated heterocycles. The lowest BCUT2D eigenvalue weighted by Gasteiger charge is -2.17. The van der Waals surface area contributed by atoms with E-state index in [9.17, 15) is 13.5 Å². The Kier molecular flexibility index (Phi) is 4.51. The summed E-state index contributed by atoms with van der Waals surface area (Å²) in [5.74, 6) is 0.766. The number of hydrogen-bond donors (Lipinski definition) is 2. The highest BCUT2D eigenvalue weighted by Gasteiger charge is 2.16. The smallest absolute Gasteiger partial charge is 0.232 e. The van der Waals surface area contributed by atoms with E-state index in [2.05, 4.69) is 14.7 Å². The van der Waals surface area contributed by atoms with Crippen LogP contribution in [-0.2, 0) is 10.0 Å². The van der Waals surface area contributed by atoms with Gasteiger partial charge in [0.2, 0.25) is 10.0 Å². The molecule has 1 heterocycles. The predicted molar refractivity (Wildman–Crippen MR) is 86.5 cm³/mol. The number of sulfonamides is 1. The van der Waals surface area contributed by atoms with E-state index in [1.165, 1.54) is 6.20 Å². The molecule has 8 heteroatoms. The van der Waals surface area contributed by atoms with Gasteiger partial charge >= 0.3 is 0 Å². The Labute approximate surface area is 129 Å². The molecule has 0 aliphatic rings. The first kappa shape index (κ1) is 16.0. The summed E-state index contributed by atoms with van der Waals surface area (Å²) in [6.07, 6.45) is 1.40. The van der Waals surface area contributed by atoms with Crippen molar-refractivity contribution in [3.05, 3.63) is 30.5 Å². The number of phenols is 1. The lowest BCUT2D eigenvalue weighted by Crippen LogP contribution is -2.20. The Balaban J connectivity index is 2.51. The van der Waals surface area contributed by atoms with Crippen LogP contribution in [-0.4, -0.2) is 43.3 Å². The van der Waals surface area contributed by atoms with Crippen molar-refractivity contribution in [2.45, 2.75) is 6.92 Å². The van der Waals surface area contributed by atoms with Gasteiger partial charge in [0.1, 0.15) is 11.4 Å². The molecule has 0 spiro atoms. The van der Waals surface area contributed by atoms with Gasteiger partial charge < -0.3 is 10.0 Å². The fraction of sp³-hybridized carbons (Fsp3) is 0.286. The van der Waals surface area contributed by atoms with E-state index in [0.717, 1.165) is 0 Å². The maximum atomic E-state index is 11.7. The van der Waals surface area contributed by atoms with Crippen LogP contribution in [0.4, 0.5) is 11.5 Å². The van der Waals surface area contributed by atoms with Crippen molar-refractivity contribution >= 4 is 21.5 Å². The molecular formula is C14H18N4O3S. The Morgan fingerprint density at radius 2 is 1.95 bits per heavy atom. The van der Waals surface area contributed by atoms with Crippen molar-refractivity contribution in [1.29, 1.82) is 0 Å². The third kappa shape index (κ3) is 3.45. The van der Waals surface area contributed by atoms with Crippen LogP contribution in [0.1, 0.15) is 6.92 Å². The molecule has 0 amide bonds. The highest BCUT2D eigenvalue weighted by Crippen LogP contribution is 2.30. The Morgan fingerprint density at radius 3 is 2.55 bits per heavy atom. The molecule has 2 rings (SSSR count). The third-order valence-corrected chi connectivity index (χ3v) is 4.27. The van der Waals surface area contributed by atoms with E-state index in [0.29, 0.717) is 22.9 Å². The minimum absolute atomic E-state index is 0.0406. The molecule has 7 nitrogen and oxygen atoms in total. The van der Waals surface area contributed by atoms with Gasteiger partial charge in [-0.1, -0.05) is 12.1 Å². The molecule has 22 heavy (non-hydrogen) atoms. The monoisotopic (exact) mass is 322 g/mol. The zero-order valence-corrected chi connectivity index (χ0v) is 13.4. The topological polar surface area (TPSA) is 95.4 Å². The second-order valence-corrected chi connectivity index (χ2v) is 6.86. The summed E-state index contributed by atoms with van der Waals surface area (Å²) >= 11 is 0. The molecule has 1 aromatic heterocycles. The van der Waals surface area contributed by atoms with Crippen molar-refractivity contribution in [3.63, 3.8) is 0 Å². The number of nitrogens with one attached hydrogen (secondary N) is 1. The summed E-state index contributed by atoms with van der Waals surface area (Å²) in [6, 6.07) is 6.71. The first-order chi connectivity index (χ1) is 10.3. The van der Waals surface area contributed by atoms with Gasteiger partial charge in [0.25, 0.3) is 0 Å². The predicted octanol–water partition coefficient (Wildman–Crippen LogP) is 1.68. The lowest BCUT2D eigenvalue weighted by atomic mass is 10.2. The number of anilines is 2. The number of nitrogens with zero attached hydrogens (tertiary/aromatic N) is 3. The molecule has 2 N–H and O–H groups in total. The summed E-state index contributed by atoms with van der Waals surface area (Å²) in [5.41, 5.74) is 0.779. The van der Waals surface area contributed by atoms with Crippen LogP contribution >= 0.6 is 0 Å². The SMILES string of the molecule is CCS(=O)(=O)Nc1cnc(-c2ccccc2O)nc1N(C)C. The van der Waals surface area contributed by atoms with Gasteiger partial charge in [-0.05, 0) is 19.1 Å². The fourth-order valence-electron chi connectivity index (χ4n) is 1.82. The van der Waals surface area contributed by atoms with Gasteiger partial charge in [-0.3, -0.25) is 4.72 Å². The van der Waals surface area contributed by atoms with Crippen LogP contribution in [0.25, 0.3) is 11.4 Å². The van der Waals surface area contributed by atoms with Crippen molar-refractivity contribution in [1.82, 2.24) is 9.97 Å². The van der Waals surface area contributed by atoms with Gasteiger partial charge in [0.05, 0.1) is 17.5 Å². The third-order valence-electron chi connectivity index (χ3n) is 2.98. The van der Waals surface area contributed by atoms with Gasteiger partial charge in [-0.2, -0.15) is 0 Å². The lowest BCUT2D eigenvalue weighted by molar-refractivity contribution is 0.477. The van der Waals surface area contributed by atoms with E-state index >= 15 is 0 Å². The van der Waals surface area contributed by atoms with Gasteiger partial charge in [-0.25, -0.2) is 18.4 Å². The van der Waals surface area contributed by atoms with Crippen molar-refractivity contribution in [2.75, 3.05) is 29.5 Å². The average molecular weight is 322 g/mol. The summed E-state index contributed by atoms with van der Waals surface area (Å²) in [5, 5.41) is 9.88. The number of para-hydroxylation sites is 1. The fourth-order valence-corrected chi connectivity index (χ4v) is 2.44. The van der Waals surface area contributed by atoms with Crippen molar-refractivity contribution < 1.29 is 13.5 Å². The molecule has 0 bridgehead atoms. The summed E-state index contributed by atoms with van der Waals surface area (Å²) in [7, 11) is 0.0811. The summed E-state index contributed by atoms with van der Waals surface area (Å²) < 4.78 is 25.9. The zero-order valence-electron chi connectivity index (χ0n) is 12.6. The largest absolute Gasteiger partial charge is 0.507 e. The average Bonchev–Trinajstić information content (AvgIpc) is 2.48. The van der Waals surface area contributed by atoms with E-state index in [-0.39, 0.29) is 11.5 Å². The minimum Gasteiger partial charge on any atom is -0.507 e. The summed E-state index contributed by atoms with van der Waals surface area (Å²) in [4.78, 5) is 10.2.